The molecule has 0 unspecified atom stereocenters. The molecule has 1 amide bonds. The summed E-state index contributed by atoms with van der Waals surface area (Å²) < 4.78 is 0. The van der Waals surface area contributed by atoms with Crippen molar-refractivity contribution >= 4 is 23.2 Å². The molecule has 2 aromatic carbocycles. The minimum atomic E-state index is -0.229. The van der Waals surface area contributed by atoms with E-state index in [2.05, 4.69) is 15.3 Å². The normalized spacial score (nSPS) is 10.2. The van der Waals surface area contributed by atoms with Crippen molar-refractivity contribution < 1.29 is 4.79 Å². The maximum Gasteiger partial charge on any atom is 0.258 e. The van der Waals surface area contributed by atoms with E-state index in [0.29, 0.717) is 11.5 Å². The Labute approximate surface area is 141 Å². The number of amides is 1. The number of hydrogen-bond donors (Lipinski definition) is 1. The SMILES string of the molecule is Cc1ccc(NC(=O)c2cnc(N(C)c3ccccc3)nc2)cc1. The van der Waals surface area contributed by atoms with Crippen LogP contribution in [0.4, 0.5) is 17.3 Å². The smallest absolute Gasteiger partial charge is 0.258 e. The lowest BCUT2D eigenvalue weighted by atomic mass is 10.2. The van der Waals surface area contributed by atoms with E-state index < -0.39 is 0 Å². The zero-order chi connectivity index (χ0) is 16.9. The minimum absolute atomic E-state index is 0.229. The third-order valence-electron chi connectivity index (χ3n) is 3.65. The Hall–Kier alpha value is -3.21. The minimum Gasteiger partial charge on any atom is -0.322 e. The van der Waals surface area contributed by atoms with Crippen LogP contribution in [0.3, 0.4) is 0 Å². The number of nitrogens with one attached hydrogen (secondary N) is 1. The molecule has 0 aliphatic rings. The Morgan fingerprint density at radius 3 is 2.21 bits per heavy atom. The van der Waals surface area contributed by atoms with E-state index in [9.17, 15) is 4.79 Å². The molecule has 24 heavy (non-hydrogen) atoms. The molecule has 120 valence electrons. The maximum absolute atomic E-state index is 12.2. The highest BCUT2D eigenvalue weighted by atomic mass is 16.1. The molecule has 1 N–H and O–H groups in total. The summed E-state index contributed by atoms with van der Waals surface area (Å²) in [6, 6.07) is 17.4. The highest BCUT2D eigenvalue weighted by Gasteiger charge is 2.10. The van der Waals surface area contributed by atoms with Gasteiger partial charge in [0.15, 0.2) is 0 Å². The standard InChI is InChI=1S/C19H18N4O/c1-14-8-10-16(11-9-14)22-18(24)15-12-20-19(21-13-15)23(2)17-6-4-3-5-7-17/h3-13H,1-2H3,(H,22,24). The lowest BCUT2D eigenvalue weighted by Gasteiger charge is -2.16. The van der Waals surface area contributed by atoms with Gasteiger partial charge in [-0.1, -0.05) is 35.9 Å². The number of carbonyl (C=O) groups is 1. The second-order valence-electron chi connectivity index (χ2n) is 5.49. The number of para-hydroxylation sites is 1. The molecule has 0 atom stereocenters. The first-order chi connectivity index (χ1) is 11.6. The second kappa shape index (κ2) is 6.91. The Kier molecular flexibility index (Phi) is 4.52. The topological polar surface area (TPSA) is 58.1 Å². The molecular formula is C19H18N4O. The molecule has 3 aromatic rings. The molecule has 0 spiro atoms. The first-order valence-corrected chi connectivity index (χ1v) is 7.62. The number of carbonyl (C=O) groups excluding carboxylic acids is 1. The lowest BCUT2D eigenvalue weighted by Crippen LogP contribution is -2.16. The Balaban J connectivity index is 1.72. The van der Waals surface area contributed by atoms with Crippen LogP contribution in [0.25, 0.3) is 0 Å². The summed E-state index contributed by atoms with van der Waals surface area (Å²) in [5, 5.41) is 2.83. The van der Waals surface area contributed by atoms with Gasteiger partial charge in [-0.15, -0.1) is 0 Å². The van der Waals surface area contributed by atoms with Gasteiger partial charge in [-0.25, -0.2) is 9.97 Å². The van der Waals surface area contributed by atoms with Crippen molar-refractivity contribution in [3.63, 3.8) is 0 Å². The van der Waals surface area contributed by atoms with Crippen molar-refractivity contribution in [1.82, 2.24) is 9.97 Å². The average Bonchev–Trinajstić information content (AvgIpc) is 2.64. The average molecular weight is 318 g/mol. The predicted octanol–water partition coefficient (Wildman–Crippen LogP) is 3.81. The van der Waals surface area contributed by atoms with Gasteiger partial charge in [0.2, 0.25) is 5.95 Å². The maximum atomic E-state index is 12.2. The molecule has 0 aliphatic carbocycles. The lowest BCUT2D eigenvalue weighted by molar-refractivity contribution is 0.102. The van der Waals surface area contributed by atoms with Crippen molar-refractivity contribution in [1.29, 1.82) is 0 Å². The van der Waals surface area contributed by atoms with E-state index in [-0.39, 0.29) is 5.91 Å². The van der Waals surface area contributed by atoms with Crippen LogP contribution in [0.2, 0.25) is 0 Å². The van der Waals surface area contributed by atoms with Crippen LogP contribution in [0.5, 0.6) is 0 Å². The number of aryl methyl sites for hydroxylation is 1. The predicted molar refractivity (Wildman–Crippen MR) is 95.7 cm³/mol. The van der Waals surface area contributed by atoms with E-state index >= 15 is 0 Å². The summed E-state index contributed by atoms with van der Waals surface area (Å²) in [4.78, 5) is 22.7. The Morgan fingerprint density at radius 2 is 1.58 bits per heavy atom. The zero-order valence-corrected chi connectivity index (χ0v) is 13.6. The van der Waals surface area contributed by atoms with Gasteiger partial charge in [-0.2, -0.15) is 0 Å². The summed E-state index contributed by atoms with van der Waals surface area (Å²) in [5.74, 6) is 0.306. The third kappa shape index (κ3) is 3.57. The van der Waals surface area contributed by atoms with Crippen molar-refractivity contribution in [3.05, 3.63) is 78.1 Å². The van der Waals surface area contributed by atoms with E-state index in [0.717, 1.165) is 16.9 Å². The fourth-order valence-corrected chi connectivity index (χ4v) is 2.22. The quantitative estimate of drug-likeness (QED) is 0.795. The van der Waals surface area contributed by atoms with Crippen molar-refractivity contribution in [2.24, 2.45) is 0 Å². The first kappa shape index (κ1) is 15.7. The highest BCUT2D eigenvalue weighted by molar-refractivity contribution is 6.03. The van der Waals surface area contributed by atoms with Crippen LogP contribution in [-0.4, -0.2) is 22.9 Å². The Bertz CT molecular complexity index is 814. The van der Waals surface area contributed by atoms with E-state index in [4.69, 9.17) is 0 Å². The summed E-state index contributed by atoms with van der Waals surface area (Å²) in [5.41, 5.74) is 3.29. The van der Waals surface area contributed by atoms with Crippen molar-refractivity contribution in [3.8, 4) is 0 Å². The van der Waals surface area contributed by atoms with Crippen LogP contribution < -0.4 is 10.2 Å². The van der Waals surface area contributed by atoms with Crippen LogP contribution in [0.15, 0.2) is 67.0 Å². The van der Waals surface area contributed by atoms with Crippen LogP contribution in [0.1, 0.15) is 15.9 Å². The van der Waals surface area contributed by atoms with Gasteiger partial charge in [0.05, 0.1) is 5.56 Å². The van der Waals surface area contributed by atoms with Gasteiger partial charge in [-0.3, -0.25) is 4.79 Å². The molecule has 1 heterocycles. The van der Waals surface area contributed by atoms with Gasteiger partial charge in [0.25, 0.3) is 5.91 Å². The van der Waals surface area contributed by atoms with Crippen molar-refractivity contribution in [2.75, 3.05) is 17.3 Å². The second-order valence-corrected chi connectivity index (χ2v) is 5.49. The highest BCUT2D eigenvalue weighted by Crippen LogP contribution is 2.19. The molecular weight excluding hydrogens is 300 g/mol. The molecule has 0 fully saturated rings. The number of rotatable bonds is 4. The number of nitrogens with zero attached hydrogens (tertiary/aromatic N) is 3. The van der Waals surface area contributed by atoms with E-state index in [1.165, 1.54) is 12.4 Å². The van der Waals surface area contributed by atoms with Crippen molar-refractivity contribution in [2.45, 2.75) is 6.92 Å². The summed E-state index contributed by atoms with van der Waals surface area (Å²) in [6.07, 6.45) is 3.07. The van der Waals surface area contributed by atoms with Gasteiger partial charge < -0.3 is 10.2 Å². The molecule has 3 rings (SSSR count). The van der Waals surface area contributed by atoms with Crippen LogP contribution in [0, 0.1) is 6.92 Å². The van der Waals surface area contributed by atoms with Gasteiger partial charge in [0, 0.05) is 30.8 Å². The fourth-order valence-electron chi connectivity index (χ4n) is 2.22. The molecule has 0 aliphatic heterocycles. The number of aromatic nitrogens is 2. The third-order valence-corrected chi connectivity index (χ3v) is 3.65. The van der Waals surface area contributed by atoms with Gasteiger partial charge >= 0.3 is 0 Å². The molecule has 0 radical (unpaired) electrons. The molecule has 5 nitrogen and oxygen atoms in total. The largest absolute Gasteiger partial charge is 0.322 e. The fraction of sp³-hybridized carbons (Fsp3) is 0.105. The van der Waals surface area contributed by atoms with Gasteiger partial charge in [-0.05, 0) is 31.2 Å². The molecule has 0 bridgehead atoms. The monoisotopic (exact) mass is 318 g/mol. The Morgan fingerprint density at radius 1 is 0.958 bits per heavy atom. The molecule has 0 saturated heterocycles. The number of anilines is 3. The summed E-state index contributed by atoms with van der Waals surface area (Å²) in [6.45, 7) is 2.00. The van der Waals surface area contributed by atoms with E-state index in [1.54, 1.807) is 0 Å². The first-order valence-electron chi connectivity index (χ1n) is 7.62. The van der Waals surface area contributed by atoms with Crippen LogP contribution >= 0.6 is 0 Å². The molecule has 1 aromatic heterocycles. The molecule has 0 saturated carbocycles. The number of benzene rings is 2. The van der Waals surface area contributed by atoms with Gasteiger partial charge in [0.1, 0.15) is 0 Å². The summed E-state index contributed by atoms with van der Waals surface area (Å²) in [7, 11) is 1.89. The van der Waals surface area contributed by atoms with E-state index in [1.807, 2.05) is 73.5 Å². The molecule has 5 heteroatoms. The zero-order valence-electron chi connectivity index (χ0n) is 13.6. The number of hydrogen-bond acceptors (Lipinski definition) is 4. The van der Waals surface area contributed by atoms with Crippen LogP contribution in [-0.2, 0) is 0 Å². The summed E-state index contributed by atoms with van der Waals surface area (Å²) >= 11 is 0.